The quantitative estimate of drug-likeness (QED) is 0.726. The Morgan fingerprint density at radius 3 is 2.88 bits per heavy atom. The van der Waals surface area contributed by atoms with Crippen LogP contribution in [0.25, 0.3) is 0 Å². The Labute approximate surface area is 103 Å². The van der Waals surface area contributed by atoms with Crippen LogP contribution in [-0.2, 0) is 4.74 Å². The van der Waals surface area contributed by atoms with Gasteiger partial charge in [0.2, 0.25) is 0 Å². The number of hydrogen-bond donors (Lipinski definition) is 1. The SMILES string of the molecule is CC1OCCC1SCCCCC(C)(N)C#N. The van der Waals surface area contributed by atoms with Gasteiger partial charge in [0.25, 0.3) is 0 Å². The van der Waals surface area contributed by atoms with Crippen molar-refractivity contribution in [1.82, 2.24) is 0 Å². The van der Waals surface area contributed by atoms with E-state index in [9.17, 15) is 0 Å². The van der Waals surface area contributed by atoms with Crippen molar-refractivity contribution < 1.29 is 4.74 Å². The number of nitrogens with two attached hydrogens (primary N) is 1. The number of hydrogen-bond acceptors (Lipinski definition) is 4. The molecule has 92 valence electrons. The maximum atomic E-state index is 8.76. The standard InChI is InChI=1S/C12H22N2OS/c1-10-11(5-7-15-10)16-8-4-3-6-12(2,14)9-13/h10-11H,3-8,14H2,1-2H3. The molecular weight excluding hydrogens is 220 g/mol. The van der Waals surface area contributed by atoms with Crippen molar-refractivity contribution in [2.24, 2.45) is 5.73 Å². The normalized spacial score (nSPS) is 28.6. The van der Waals surface area contributed by atoms with Crippen LogP contribution in [0.3, 0.4) is 0 Å². The maximum absolute atomic E-state index is 8.76. The minimum Gasteiger partial charge on any atom is -0.377 e. The molecule has 0 radical (unpaired) electrons. The first-order valence-electron chi connectivity index (χ1n) is 5.98. The zero-order valence-corrected chi connectivity index (χ0v) is 11.1. The van der Waals surface area contributed by atoms with Crippen LogP contribution in [0, 0.1) is 11.3 Å². The minimum absolute atomic E-state index is 0.406. The van der Waals surface area contributed by atoms with E-state index in [2.05, 4.69) is 13.0 Å². The molecule has 1 rings (SSSR count). The second-order valence-electron chi connectivity index (χ2n) is 4.76. The highest BCUT2D eigenvalue weighted by molar-refractivity contribution is 7.99. The van der Waals surface area contributed by atoms with Crippen molar-refractivity contribution in [2.45, 2.75) is 56.4 Å². The fraction of sp³-hybridized carbons (Fsp3) is 0.917. The highest BCUT2D eigenvalue weighted by atomic mass is 32.2. The Balaban J connectivity index is 2.02. The first kappa shape index (κ1) is 13.8. The van der Waals surface area contributed by atoms with Crippen LogP contribution < -0.4 is 5.73 Å². The summed E-state index contributed by atoms with van der Waals surface area (Å²) in [6.07, 6.45) is 4.56. The van der Waals surface area contributed by atoms with E-state index in [0.29, 0.717) is 11.4 Å². The van der Waals surface area contributed by atoms with Crippen LogP contribution in [0.1, 0.15) is 39.5 Å². The van der Waals surface area contributed by atoms with Crippen LogP contribution in [0.4, 0.5) is 0 Å². The lowest BCUT2D eigenvalue weighted by Gasteiger charge is -2.16. The molecule has 1 aliphatic rings. The molecule has 0 aromatic heterocycles. The summed E-state index contributed by atoms with van der Waals surface area (Å²) in [6, 6.07) is 2.13. The number of rotatable bonds is 6. The Morgan fingerprint density at radius 2 is 2.31 bits per heavy atom. The van der Waals surface area contributed by atoms with E-state index < -0.39 is 5.54 Å². The van der Waals surface area contributed by atoms with Gasteiger partial charge in [-0.2, -0.15) is 17.0 Å². The first-order valence-corrected chi connectivity index (χ1v) is 7.03. The van der Waals surface area contributed by atoms with E-state index in [0.717, 1.165) is 31.6 Å². The van der Waals surface area contributed by atoms with Crippen molar-refractivity contribution in [3.8, 4) is 6.07 Å². The molecule has 1 heterocycles. The van der Waals surface area contributed by atoms with Gasteiger partial charge in [-0.25, -0.2) is 0 Å². The molecule has 3 nitrogen and oxygen atoms in total. The van der Waals surface area contributed by atoms with Gasteiger partial charge in [-0.1, -0.05) is 0 Å². The lowest BCUT2D eigenvalue weighted by atomic mass is 9.99. The van der Waals surface area contributed by atoms with Gasteiger partial charge in [-0.15, -0.1) is 0 Å². The van der Waals surface area contributed by atoms with E-state index in [1.54, 1.807) is 6.92 Å². The predicted octanol–water partition coefficient (Wildman–Crippen LogP) is 2.31. The summed E-state index contributed by atoms with van der Waals surface area (Å²) in [6.45, 7) is 4.86. The summed E-state index contributed by atoms with van der Waals surface area (Å²) in [5.41, 5.74) is 5.11. The highest BCUT2D eigenvalue weighted by Crippen LogP contribution is 2.27. The van der Waals surface area contributed by atoms with Crippen LogP contribution in [0.15, 0.2) is 0 Å². The fourth-order valence-electron chi connectivity index (χ4n) is 1.82. The average Bonchev–Trinajstić information content (AvgIpc) is 2.64. The molecule has 0 amide bonds. The van der Waals surface area contributed by atoms with Crippen molar-refractivity contribution >= 4 is 11.8 Å². The van der Waals surface area contributed by atoms with Crippen molar-refractivity contribution in [1.29, 1.82) is 5.26 Å². The van der Waals surface area contributed by atoms with E-state index in [4.69, 9.17) is 15.7 Å². The minimum atomic E-state index is -0.644. The number of ether oxygens (including phenoxy) is 1. The summed E-state index contributed by atoms with van der Waals surface area (Å²) in [7, 11) is 0. The monoisotopic (exact) mass is 242 g/mol. The molecule has 3 atom stereocenters. The Bertz CT molecular complexity index is 250. The van der Waals surface area contributed by atoms with E-state index >= 15 is 0 Å². The number of nitrogens with zero attached hydrogens (tertiary/aromatic N) is 1. The second kappa shape index (κ2) is 6.48. The molecule has 4 heteroatoms. The molecule has 0 aromatic carbocycles. The molecule has 1 fully saturated rings. The van der Waals surface area contributed by atoms with Crippen molar-refractivity contribution in [3.63, 3.8) is 0 Å². The number of nitriles is 1. The van der Waals surface area contributed by atoms with E-state index in [-0.39, 0.29) is 0 Å². The lowest BCUT2D eigenvalue weighted by Crippen LogP contribution is -2.33. The van der Waals surface area contributed by atoms with Gasteiger partial charge < -0.3 is 10.5 Å². The van der Waals surface area contributed by atoms with Gasteiger partial charge in [-0.3, -0.25) is 0 Å². The summed E-state index contributed by atoms with van der Waals surface area (Å²) in [4.78, 5) is 0. The number of thioether (sulfide) groups is 1. The molecule has 0 saturated carbocycles. The largest absolute Gasteiger partial charge is 0.377 e. The summed E-state index contributed by atoms with van der Waals surface area (Å²) in [5.74, 6) is 1.15. The third-order valence-corrected chi connectivity index (χ3v) is 4.56. The van der Waals surface area contributed by atoms with Crippen LogP contribution in [-0.4, -0.2) is 29.3 Å². The molecule has 3 unspecified atom stereocenters. The fourth-order valence-corrected chi connectivity index (χ4v) is 3.10. The molecule has 1 aliphatic heterocycles. The molecule has 0 aliphatic carbocycles. The molecule has 1 saturated heterocycles. The van der Waals surface area contributed by atoms with Gasteiger partial charge in [0.15, 0.2) is 0 Å². The highest BCUT2D eigenvalue weighted by Gasteiger charge is 2.24. The zero-order chi connectivity index (χ0) is 12.0. The van der Waals surface area contributed by atoms with E-state index in [1.807, 2.05) is 11.8 Å². The average molecular weight is 242 g/mol. The van der Waals surface area contributed by atoms with Crippen LogP contribution in [0.5, 0.6) is 0 Å². The van der Waals surface area contributed by atoms with Gasteiger partial charge in [-0.05, 0) is 45.3 Å². The first-order chi connectivity index (χ1) is 7.55. The zero-order valence-electron chi connectivity index (χ0n) is 10.2. The molecule has 0 bridgehead atoms. The van der Waals surface area contributed by atoms with Crippen LogP contribution >= 0.6 is 11.8 Å². The van der Waals surface area contributed by atoms with Crippen molar-refractivity contribution in [3.05, 3.63) is 0 Å². The smallest absolute Gasteiger partial charge is 0.101 e. The van der Waals surface area contributed by atoms with Gasteiger partial charge in [0.05, 0.1) is 12.2 Å². The summed E-state index contributed by atoms with van der Waals surface area (Å²) < 4.78 is 5.51. The Hall–Kier alpha value is -0.240. The topological polar surface area (TPSA) is 59.0 Å². The number of unbranched alkanes of at least 4 members (excludes halogenated alkanes) is 1. The molecule has 2 N–H and O–H groups in total. The third-order valence-electron chi connectivity index (χ3n) is 2.98. The summed E-state index contributed by atoms with van der Waals surface area (Å²) >= 11 is 2.00. The molecule has 16 heavy (non-hydrogen) atoms. The van der Waals surface area contributed by atoms with E-state index in [1.165, 1.54) is 6.42 Å². The predicted molar refractivity (Wildman–Crippen MR) is 68.3 cm³/mol. The molecular formula is C12H22N2OS. The Kier molecular flexibility index (Phi) is 5.60. The summed E-state index contributed by atoms with van der Waals surface area (Å²) in [5, 5.41) is 9.43. The van der Waals surface area contributed by atoms with Gasteiger partial charge in [0.1, 0.15) is 5.54 Å². The molecule has 0 aromatic rings. The third kappa shape index (κ3) is 4.73. The van der Waals surface area contributed by atoms with Crippen molar-refractivity contribution in [2.75, 3.05) is 12.4 Å². The maximum Gasteiger partial charge on any atom is 0.101 e. The van der Waals surface area contributed by atoms with Gasteiger partial charge in [0, 0.05) is 11.9 Å². The Morgan fingerprint density at radius 1 is 1.56 bits per heavy atom. The van der Waals surface area contributed by atoms with Crippen LogP contribution in [0.2, 0.25) is 0 Å². The van der Waals surface area contributed by atoms with Gasteiger partial charge >= 0.3 is 0 Å². The lowest BCUT2D eigenvalue weighted by molar-refractivity contribution is 0.127. The molecule has 0 spiro atoms. The second-order valence-corrected chi connectivity index (χ2v) is 6.11.